The highest BCUT2D eigenvalue weighted by Gasteiger charge is 2.62. The van der Waals surface area contributed by atoms with Crippen molar-refractivity contribution in [3.63, 3.8) is 0 Å². The highest BCUT2D eigenvalue weighted by atomic mass is 32.2. The number of hydrogen-bond acceptors (Lipinski definition) is 11. The normalized spacial score (nSPS) is 27.3. The van der Waals surface area contributed by atoms with E-state index in [0.29, 0.717) is 36.9 Å². The summed E-state index contributed by atoms with van der Waals surface area (Å²) in [6.45, 7) is 1.59. The summed E-state index contributed by atoms with van der Waals surface area (Å²) in [7, 11) is -3.91. The first-order valence-corrected chi connectivity index (χ1v) is 19.0. The molecule has 3 N–H and O–H groups in total. The lowest BCUT2D eigenvalue weighted by Gasteiger charge is -2.29. The molecule has 2 aliphatic heterocycles. The number of carbonyl (C=O) groups is 4. The van der Waals surface area contributed by atoms with Crippen LogP contribution in [-0.2, 0) is 24.4 Å². The molecule has 3 aromatic rings. The van der Waals surface area contributed by atoms with Gasteiger partial charge in [-0.05, 0) is 63.6 Å². The first kappa shape index (κ1) is 35.3. The van der Waals surface area contributed by atoms with Crippen LogP contribution in [0.5, 0.6) is 5.88 Å². The van der Waals surface area contributed by atoms with E-state index in [-0.39, 0.29) is 42.9 Å². The summed E-state index contributed by atoms with van der Waals surface area (Å²) < 4.78 is 48.0. The van der Waals surface area contributed by atoms with E-state index in [4.69, 9.17) is 4.74 Å². The summed E-state index contributed by atoms with van der Waals surface area (Å²) in [5, 5.41) is 4.98. The minimum absolute atomic E-state index is 0.0228. The van der Waals surface area contributed by atoms with Crippen LogP contribution in [0.15, 0.2) is 48.9 Å². The molecule has 2 aliphatic carbocycles. The van der Waals surface area contributed by atoms with Gasteiger partial charge in [0.05, 0.1) is 22.8 Å². The molecule has 274 valence electrons. The van der Waals surface area contributed by atoms with Gasteiger partial charge in [0.15, 0.2) is 0 Å². The molecule has 52 heavy (non-hydrogen) atoms. The second-order valence-electron chi connectivity index (χ2n) is 13.9. The van der Waals surface area contributed by atoms with E-state index in [0.717, 1.165) is 12.8 Å². The Hall–Kier alpha value is -5.06. The predicted molar refractivity (Wildman–Crippen MR) is 183 cm³/mol. The van der Waals surface area contributed by atoms with Crippen molar-refractivity contribution in [2.24, 2.45) is 5.92 Å². The third-order valence-corrected chi connectivity index (χ3v) is 11.8. The van der Waals surface area contributed by atoms with Crippen molar-refractivity contribution < 1.29 is 36.7 Å². The van der Waals surface area contributed by atoms with Crippen LogP contribution in [0.2, 0.25) is 0 Å². The molecule has 5 unspecified atom stereocenters. The number of aryl methyl sites for hydroxylation is 1. The molecule has 3 fully saturated rings. The summed E-state index contributed by atoms with van der Waals surface area (Å²) in [4.78, 5) is 73.7. The fraction of sp³-hybridized carbons (Fsp3) is 0.486. The maximum atomic E-state index is 14.4. The van der Waals surface area contributed by atoms with Crippen LogP contribution in [0, 0.1) is 18.7 Å². The minimum Gasteiger partial charge on any atom is -0.471 e. The molecule has 0 bridgehead atoms. The Labute approximate surface area is 299 Å². The van der Waals surface area contributed by atoms with Gasteiger partial charge < -0.3 is 20.3 Å². The lowest BCUT2D eigenvalue weighted by molar-refractivity contribution is -0.141. The highest BCUT2D eigenvalue weighted by Crippen LogP contribution is 2.46. The van der Waals surface area contributed by atoms with Crippen molar-refractivity contribution in [3.8, 4) is 5.88 Å². The van der Waals surface area contributed by atoms with Gasteiger partial charge in [0.2, 0.25) is 27.7 Å². The fourth-order valence-electron chi connectivity index (χ4n) is 6.87. The fourth-order valence-corrected chi connectivity index (χ4v) is 8.24. The van der Waals surface area contributed by atoms with Crippen LogP contribution >= 0.6 is 0 Å². The van der Waals surface area contributed by atoms with Crippen LogP contribution in [0.3, 0.4) is 0 Å². The Balaban J connectivity index is 1.19. The zero-order valence-electron chi connectivity index (χ0n) is 28.5. The lowest BCUT2D eigenvalue weighted by atomic mass is 10.0. The van der Waals surface area contributed by atoms with Gasteiger partial charge in [-0.25, -0.2) is 32.7 Å². The van der Waals surface area contributed by atoms with E-state index >= 15 is 0 Å². The topological polar surface area (TPSA) is 203 Å². The summed E-state index contributed by atoms with van der Waals surface area (Å²) in [6.07, 6.45) is 9.73. The van der Waals surface area contributed by atoms with E-state index in [1.165, 1.54) is 41.7 Å². The molecule has 1 aromatic carbocycles. The second kappa shape index (κ2) is 14.2. The number of nitrogens with one attached hydrogen (secondary N) is 3. The number of allylic oxidation sites excluding steroid dienone is 1. The monoisotopic (exact) mass is 734 g/mol. The van der Waals surface area contributed by atoms with Gasteiger partial charge in [-0.2, -0.15) is 0 Å². The molecule has 17 heteroatoms. The summed E-state index contributed by atoms with van der Waals surface area (Å²) in [5.41, 5.74) is -0.334. The molecule has 2 saturated carbocycles. The first-order valence-electron chi connectivity index (χ1n) is 17.5. The molecular formula is C35H39FN8O7S. The smallest absolute Gasteiger partial charge is 0.270 e. The number of hydrogen-bond donors (Lipinski definition) is 3. The van der Waals surface area contributed by atoms with E-state index in [1.807, 2.05) is 12.2 Å². The number of carbonyl (C=O) groups excluding carboxylic acids is 4. The standard InChI is InChI=1S/C35H39FN8O7S/c1-20-32(41-28-15-22(36)9-12-25(28)39-20)51-23-16-29-31(46)42-35(34(48)43-52(49,50)24-10-11-24)17-21(35)7-5-3-2-4-6-8-27(33(47)44(29)18-23)40-30(45)26-13-14-37-19-38-26/h5,7,9,12-15,19,21,23-24,27,29H,2-4,6,8,10-11,16-18H2,1H3,(H,40,45)(H,42,46)(H,43,48)/b7-5-. The summed E-state index contributed by atoms with van der Waals surface area (Å²) >= 11 is 0. The van der Waals surface area contributed by atoms with E-state index in [9.17, 15) is 32.0 Å². The van der Waals surface area contributed by atoms with Gasteiger partial charge >= 0.3 is 0 Å². The van der Waals surface area contributed by atoms with Crippen molar-refractivity contribution in [2.45, 2.75) is 93.7 Å². The minimum atomic E-state index is -3.91. The zero-order chi connectivity index (χ0) is 36.6. The average molecular weight is 735 g/mol. The van der Waals surface area contributed by atoms with Gasteiger partial charge in [0.25, 0.3) is 11.8 Å². The lowest BCUT2D eigenvalue weighted by Crippen LogP contribution is -2.58. The Bertz CT molecular complexity index is 2050. The Morgan fingerprint density at radius 2 is 1.90 bits per heavy atom. The molecule has 7 rings (SSSR count). The van der Waals surface area contributed by atoms with Gasteiger partial charge in [-0.15, -0.1) is 0 Å². The van der Waals surface area contributed by atoms with E-state index in [2.05, 4.69) is 35.3 Å². The molecule has 5 atom stereocenters. The SMILES string of the molecule is Cc1nc2ccc(F)cc2nc1OC1CC2C(=O)NC3(C(=O)NS(=O)(=O)C4CC4)CC3/C=C\CCCCCC(NC(=O)c3ccncn3)C(=O)N2C1. The number of amides is 4. The van der Waals surface area contributed by atoms with Gasteiger partial charge in [-0.3, -0.25) is 23.9 Å². The number of ether oxygens (including phenoxy) is 1. The third-order valence-electron chi connectivity index (χ3n) is 10.00. The van der Waals surface area contributed by atoms with Crippen LogP contribution in [-0.4, -0.2) is 92.4 Å². The number of rotatable bonds is 7. The second-order valence-corrected chi connectivity index (χ2v) is 15.8. The Morgan fingerprint density at radius 3 is 2.67 bits per heavy atom. The Kier molecular flexibility index (Phi) is 9.63. The molecule has 2 aromatic heterocycles. The van der Waals surface area contributed by atoms with Crippen LogP contribution < -0.4 is 20.1 Å². The molecule has 4 amide bonds. The van der Waals surface area contributed by atoms with Crippen molar-refractivity contribution in [1.29, 1.82) is 0 Å². The highest BCUT2D eigenvalue weighted by molar-refractivity contribution is 7.91. The van der Waals surface area contributed by atoms with Crippen molar-refractivity contribution >= 4 is 44.7 Å². The maximum absolute atomic E-state index is 14.4. The summed E-state index contributed by atoms with van der Waals surface area (Å²) in [6, 6.07) is 3.23. The van der Waals surface area contributed by atoms with E-state index < -0.39 is 74.4 Å². The first-order chi connectivity index (χ1) is 24.9. The van der Waals surface area contributed by atoms with Gasteiger partial charge in [-0.1, -0.05) is 25.0 Å². The number of aromatic nitrogens is 4. The molecule has 15 nitrogen and oxygen atoms in total. The van der Waals surface area contributed by atoms with Crippen LogP contribution in [0.25, 0.3) is 11.0 Å². The summed E-state index contributed by atoms with van der Waals surface area (Å²) in [5.74, 6) is -3.47. The van der Waals surface area contributed by atoms with E-state index in [1.54, 1.807) is 6.92 Å². The zero-order valence-corrected chi connectivity index (χ0v) is 29.3. The number of halogens is 1. The van der Waals surface area contributed by atoms with Crippen molar-refractivity contribution in [1.82, 2.24) is 40.2 Å². The number of fused-ring (bicyclic) bond motifs is 3. The third kappa shape index (κ3) is 7.45. The van der Waals surface area contributed by atoms with Gasteiger partial charge in [0, 0.05) is 24.6 Å². The Morgan fingerprint density at radius 1 is 1.08 bits per heavy atom. The molecule has 1 saturated heterocycles. The van der Waals surface area contributed by atoms with Crippen LogP contribution in [0.4, 0.5) is 4.39 Å². The number of sulfonamides is 1. The molecule has 0 spiro atoms. The van der Waals surface area contributed by atoms with Crippen LogP contribution in [0.1, 0.15) is 74.0 Å². The molecule has 0 radical (unpaired) electrons. The van der Waals surface area contributed by atoms with Gasteiger partial charge in [0.1, 0.15) is 47.3 Å². The quantitative estimate of drug-likeness (QED) is 0.300. The molecule has 4 aliphatic rings. The largest absolute Gasteiger partial charge is 0.471 e. The molecule has 4 heterocycles. The van der Waals surface area contributed by atoms with Crippen molar-refractivity contribution in [3.05, 3.63) is 66.1 Å². The average Bonchev–Trinajstić information content (AvgIpc) is 4.04. The molecular weight excluding hydrogens is 695 g/mol. The van der Waals surface area contributed by atoms with Crippen molar-refractivity contribution in [2.75, 3.05) is 6.54 Å². The maximum Gasteiger partial charge on any atom is 0.270 e. The number of nitrogens with zero attached hydrogens (tertiary/aromatic N) is 5. The predicted octanol–water partition coefficient (Wildman–Crippen LogP) is 2.02. The number of benzene rings is 1.